The molecule has 4 rings (SSSR count). The van der Waals surface area contributed by atoms with Crippen LogP contribution in [0, 0.1) is 0 Å². The Hall–Kier alpha value is -2.04. The molecule has 10 heteroatoms. The predicted molar refractivity (Wildman–Crippen MR) is 110 cm³/mol. The van der Waals surface area contributed by atoms with Crippen LogP contribution in [0.5, 0.6) is 5.75 Å². The maximum absolute atomic E-state index is 12.7. The van der Waals surface area contributed by atoms with Crippen LogP contribution in [-0.2, 0) is 0 Å². The summed E-state index contributed by atoms with van der Waals surface area (Å²) in [6.07, 6.45) is 9.77. The average molecular weight is 500 g/mol. The molecule has 3 aliphatic heterocycles. The van der Waals surface area contributed by atoms with Crippen LogP contribution in [0.1, 0.15) is 25.7 Å². The Morgan fingerprint density at radius 3 is 2.45 bits per heavy atom. The molecule has 0 spiro atoms. The SMILES string of the molecule is O=C(Nc1cc(O[C]2=CC=[CH][In]2[C](=O)NN2CCCC2)ccn1)NN1CCCC1. The van der Waals surface area contributed by atoms with Gasteiger partial charge in [-0.3, -0.25) is 0 Å². The van der Waals surface area contributed by atoms with E-state index in [9.17, 15) is 9.59 Å². The van der Waals surface area contributed by atoms with Crippen molar-refractivity contribution in [3.05, 3.63) is 37.8 Å². The number of hydrogen-bond acceptors (Lipinski definition) is 6. The van der Waals surface area contributed by atoms with Crippen molar-refractivity contribution in [3.63, 3.8) is 0 Å². The normalized spacial score (nSPS) is 19.3. The van der Waals surface area contributed by atoms with Gasteiger partial charge < -0.3 is 0 Å². The van der Waals surface area contributed by atoms with Gasteiger partial charge in [0.05, 0.1) is 0 Å². The number of nitrogens with zero attached hydrogens (tertiary/aromatic N) is 3. The molecular formula is C19H25InN6O3. The third-order valence-electron chi connectivity index (χ3n) is 5.10. The molecule has 0 radical (unpaired) electrons. The van der Waals surface area contributed by atoms with E-state index in [-0.39, 0.29) is 9.69 Å². The summed E-state index contributed by atoms with van der Waals surface area (Å²) < 4.78 is 8.89. The van der Waals surface area contributed by atoms with Crippen LogP contribution in [0.25, 0.3) is 0 Å². The van der Waals surface area contributed by atoms with Gasteiger partial charge in [-0.05, 0) is 0 Å². The van der Waals surface area contributed by atoms with Gasteiger partial charge in [0.15, 0.2) is 0 Å². The first-order valence-electron chi connectivity index (χ1n) is 10.1. The Labute approximate surface area is 177 Å². The first kappa shape index (κ1) is 20.2. The molecule has 0 aliphatic carbocycles. The van der Waals surface area contributed by atoms with Crippen molar-refractivity contribution < 1.29 is 14.3 Å². The monoisotopic (exact) mass is 500 g/mol. The third kappa shape index (κ3) is 5.52. The number of urea groups is 1. The number of amides is 3. The van der Waals surface area contributed by atoms with E-state index in [4.69, 9.17) is 4.74 Å². The molecule has 3 amide bonds. The number of allylic oxidation sites excluding steroid dienone is 2. The van der Waals surface area contributed by atoms with Crippen molar-refractivity contribution in [1.82, 2.24) is 25.9 Å². The van der Waals surface area contributed by atoms with Crippen LogP contribution in [0.15, 0.2) is 37.8 Å². The Bertz CT molecular complexity index is 818. The van der Waals surface area contributed by atoms with Crippen molar-refractivity contribution in [2.24, 2.45) is 0 Å². The maximum atomic E-state index is 12.7. The van der Waals surface area contributed by atoms with E-state index < -0.39 is 21.4 Å². The van der Waals surface area contributed by atoms with E-state index in [2.05, 4.69) is 21.2 Å². The zero-order valence-electron chi connectivity index (χ0n) is 16.3. The molecule has 4 heterocycles. The summed E-state index contributed by atoms with van der Waals surface area (Å²) in [7, 11) is 0. The molecule has 3 N–H and O–H groups in total. The van der Waals surface area contributed by atoms with Gasteiger partial charge in [-0.2, -0.15) is 0 Å². The molecule has 0 atom stereocenters. The topological polar surface area (TPSA) is 98.8 Å². The average Bonchev–Trinajstić information content (AvgIpc) is 3.45. The number of carbonyl (C=O) groups excluding carboxylic acids is 2. The number of hydrogen-bond donors (Lipinski definition) is 3. The van der Waals surface area contributed by atoms with Crippen LogP contribution < -0.4 is 20.9 Å². The molecule has 0 aromatic carbocycles. The summed E-state index contributed by atoms with van der Waals surface area (Å²) in [6.45, 7) is 3.54. The van der Waals surface area contributed by atoms with Crippen molar-refractivity contribution in [1.29, 1.82) is 0 Å². The van der Waals surface area contributed by atoms with Gasteiger partial charge in [-0.25, -0.2) is 0 Å². The van der Waals surface area contributed by atoms with Gasteiger partial charge in [0.25, 0.3) is 0 Å². The number of anilines is 1. The van der Waals surface area contributed by atoms with Gasteiger partial charge in [-0.15, -0.1) is 0 Å². The zero-order valence-corrected chi connectivity index (χ0v) is 19.6. The second kappa shape index (κ2) is 9.64. The first-order chi connectivity index (χ1) is 14.2. The number of aromatic nitrogens is 1. The Balaban J connectivity index is 1.33. The fraction of sp³-hybridized carbons (Fsp3) is 0.421. The molecule has 2 fully saturated rings. The van der Waals surface area contributed by atoms with Crippen molar-refractivity contribution in [2.75, 3.05) is 31.5 Å². The number of rotatable bonds is 6. The fourth-order valence-electron chi connectivity index (χ4n) is 3.62. The van der Waals surface area contributed by atoms with Gasteiger partial charge in [0, 0.05) is 0 Å². The molecule has 152 valence electrons. The number of hydrazine groups is 2. The molecule has 2 saturated heterocycles. The number of carbonyl (C=O) groups is 2. The van der Waals surface area contributed by atoms with E-state index in [0.717, 1.165) is 55.4 Å². The number of pyridine rings is 1. The van der Waals surface area contributed by atoms with Crippen molar-refractivity contribution in [2.45, 2.75) is 25.7 Å². The van der Waals surface area contributed by atoms with Gasteiger partial charge >= 0.3 is 178 Å². The van der Waals surface area contributed by atoms with E-state index >= 15 is 0 Å². The molecule has 1 aromatic rings. The van der Waals surface area contributed by atoms with Crippen LogP contribution in [0.2, 0.25) is 0 Å². The minimum atomic E-state index is -2.84. The van der Waals surface area contributed by atoms with Gasteiger partial charge in [0.1, 0.15) is 0 Å². The van der Waals surface area contributed by atoms with E-state index in [1.165, 1.54) is 0 Å². The molecule has 29 heavy (non-hydrogen) atoms. The molecule has 0 bridgehead atoms. The second-order valence-corrected chi connectivity index (χ2v) is 14.3. The minimum absolute atomic E-state index is 0.103. The number of nitrogens with one attached hydrogen (secondary N) is 3. The van der Waals surface area contributed by atoms with Crippen molar-refractivity contribution >= 4 is 37.0 Å². The molecular weight excluding hydrogens is 475 g/mol. The Kier molecular flexibility index (Phi) is 6.73. The summed E-state index contributed by atoms with van der Waals surface area (Å²) >= 11 is -2.84. The quantitative estimate of drug-likeness (QED) is 0.553. The third-order valence-corrected chi connectivity index (χ3v) is 11.5. The fourth-order valence-corrected chi connectivity index (χ4v) is 8.93. The van der Waals surface area contributed by atoms with Crippen LogP contribution >= 0.6 is 0 Å². The van der Waals surface area contributed by atoms with E-state index in [1.807, 2.05) is 26.0 Å². The van der Waals surface area contributed by atoms with E-state index in [0.29, 0.717) is 11.6 Å². The predicted octanol–water partition coefficient (Wildman–Crippen LogP) is 1.92. The van der Waals surface area contributed by atoms with Gasteiger partial charge in [0.2, 0.25) is 0 Å². The van der Waals surface area contributed by atoms with Crippen molar-refractivity contribution in [3.8, 4) is 5.75 Å². The van der Waals surface area contributed by atoms with Crippen LogP contribution in [0.3, 0.4) is 0 Å². The second-order valence-electron chi connectivity index (χ2n) is 7.34. The van der Waals surface area contributed by atoms with Gasteiger partial charge in [-0.1, -0.05) is 0 Å². The molecule has 0 unspecified atom stereocenters. The van der Waals surface area contributed by atoms with Crippen LogP contribution in [0.4, 0.5) is 15.4 Å². The summed E-state index contributed by atoms with van der Waals surface area (Å²) in [6, 6.07) is 3.08. The molecule has 1 aromatic heterocycles. The summed E-state index contributed by atoms with van der Waals surface area (Å²) in [5.74, 6) is 0.959. The summed E-state index contributed by atoms with van der Waals surface area (Å²) in [5, 5.41) is 6.62. The zero-order chi connectivity index (χ0) is 20.1. The van der Waals surface area contributed by atoms with E-state index in [1.54, 1.807) is 18.3 Å². The molecule has 3 aliphatic rings. The summed E-state index contributed by atoms with van der Waals surface area (Å²) in [4.78, 5) is 29.0. The van der Waals surface area contributed by atoms with Crippen LogP contribution in [-0.4, -0.2) is 72.3 Å². The summed E-state index contributed by atoms with van der Waals surface area (Å²) in [5.41, 5.74) is 5.85. The standard InChI is InChI=1S/C14H16N4O2.C5H9N2O.In/c1-2-3-10-20-12-6-7-15-13(11-12)16-14(19)17-18-8-4-5-9-18;8-5-6-7-3-1-2-4-7;/h1-3,6-7,11H,4-5,8-9H2,(H2,15,16,17,19);1-4H2,(H,6,8);. The molecule has 0 saturated carbocycles. The molecule has 9 nitrogen and oxygen atoms in total. The number of ether oxygens (including phenoxy) is 1. The Morgan fingerprint density at radius 1 is 1.03 bits per heavy atom. The first-order valence-corrected chi connectivity index (χ1v) is 15.3. The Morgan fingerprint density at radius 2 is 1.72 bits per heavy atom.